The third-order valence-corrected chi connectivity index (χ3v) is 5.70. The van der Waals surface area contributed by atoms with Crippen LogP contribution in [0.15, 0.2) is 24.3 Å². The minimum absolute atomic E-state index is 0.0971. The zero-order valence-electron chi connectivity index (χ0n) is 12.9. The van der Waals surface area contributed by atoms with Gasteiger partial charge in [-0.3, -0.25) is 4.79 Å². The first-order valence-electron chi connectivity index (χ1n) is 8.45. The highest BCUT2D eigenvalue weighted by molar-refractivity contribution is 6.30. The zero-order chi connectivity index (χ0) is 15.5. The van der Waals surface area contributed by atoms with Crippen molar-refractivity contribution in [3.63, 3.8) is 0 Å². The lowest BCUT2D eigenvalue weighted by molar-refractivity contribution is -0.127. The zero-order valence-corrected chi connectivity index (χ0v) is 13.7. The predicted molar refractivity (Wildman–Crippen MR) is 89.6 cm³/mol. The third-order valence-electron chi connectivity index (χ3n) is 5.45. The molecule has 1 amide bonds. The molecule has 3 atom stereocenters. The number of benzene rings is 1. The molecule has 4 heteroatoms. The lowest BCUT2D eigenvalue weighted by atomic mass is 9.77. The Morgan fingerprint density at radius 3 is 2.45 bits per heavy atom. The summed E-state index contributed by atoms with van der Waals surface area (Å²) in [6.45, 7) is 0.618. The molecule has 0 radical (unpaired) electrons. The van der Waals surface area contributed by atoms with Crippen LogP contribution >= 0.6 is 11.6 Å². The quantitative estimate of drug-likeness (QED) is 0.869. The monoisotopic (exact) mass is 320 g/mol. The molecule has 1 aromatic carbocycles. The van der Waals surface area contributed by atoms with Gasteiger partial charge < -0.3 is 11.1 Å². The van der Waals surface area contributed by atoms with E-state index in [1.807, 2.05) is 24.3 Å². The minimum atomic E-state index is 0.0971. The Hall–Kier alpha value is -1.06. The second kappa shape index (κ2) is 7.01. The highest BCUT2D eigenvalue weighted by Gasteiger charge is 2.35. The van der Waals surface area contributed by atoms with Crippen LogP contribution in [0.3, 0.4) is 0 Å². The van der Waals surface area contributed by atoms with Crippen molar-refractivity contribution in [2.45, 2.75) is 44.6 Å². The number of amides is 1. The van der Waals surface area contributed by atoms with Gasteiger partial charge in [-0.2, -0.15) is 0 Å². The Kier molecular flexibility index (Phi) is 5.04. The average molecular weight is 321 g/mol. The Morgan fingerprint density at radius 1 is 1.18 bits per heavy atom. The summed E-state index contributed by atoms with van der Waals surface area (Å²) in [5.41, 5.74) is 6.99. The molecule has 0 saturated heterocycles. The second-order valence-corrected chi connectivity index (χ2v) is 7.20. The van der Waals surface area contributed by atoms with E-state index in [0.29, 0.717) is 18.4 Å². The summed E-state index contributed by atoms with van der Waals surface area (Å²) in [4.78, 5) is 12.7. The summed E-state index contributed by atoms with van der Waals surface area (Å²) >= 11 is 5.99. The van der Waals surface area contributed by atoms with Crippen molar-refractivity contribution in [1.82, 2.24) is 5.32 Å². The molecule has 2 saturated carbocycles. The van der Waals surface area contributed by atoms with Crippen molar-refractivity contribution in [2.24, 2.45) is 23.5 Å². The van der Waals surface area contributed by atoms with Crippen LogP contribution in [0.4, 0.5) is 0 Å². The molecule has 0 spiro atoms. The first-order valence-corrected chi connectivity index (χ1v) is 8.82. The maximum absolute atomic E-state index is 12.7. The number of hydrogen-bond donors (Lipinski definition) is 2. The van der Waals surface area contributed by atoms with Gasteiger partial charge in [-0.05, 0) is 61.8 Å². The van der Waals surface area contributed by atoms with Gasteiger partial charge in [0.15, 0.2) is 0 Å². The number of nitrogens with one attached hydrogen (secondary N) is 1. The molecule has 3 N–H and O–H groups in total. The molecule has 2 aliphatic carbocycles. The third kappa shape index (κ3) is 3.31. The van der Waals surface area contributed by atoms with E-state index in [4.69, 9.17) is 17.3 Å². The van der Waals surface area contributed by atoms with Gasteiger partial charge >= 0.3 is 0 Å². The molecule has 0 bridgehead atoms. The van der Waals surface area contributed by atoms with Crippen molar-refractivity contribution in [3.8, 4) is 0 Å². The number of carbonyl (C=O) groups is 1. The second-order valence-electron chi connectivity index (χ2n) is 6.76. The summed E-state index contributed by atoms with van der Waals surface area (Å²) < 4.78 is 0. The SMILES string of the molecule is NC[C@H]1CCC[C@H]1C(=O)NC(c1ccc(Cl)cc1)C1CCC1. The van der Waals surface area contributed by atoms with Crippen LogP contribution in [0.2, 0.25) is 5.02 Å². The van der Waals surface area contributed by atoms with E-state index in [9.17, 15) is 4.79 Å². The molecule has 3 rings (SSSR count). The largest absolute Gasteiger partial charge is 0.349 e. The average Bonchev–Trinajstić information content (AvgIpc) is 2.94. The fourth-order valence-electron chi connectivity index (χ4n) is 3.84. The standard InChI is InChI=1S/C18H25ClN2O/c19-15-9-7-13(8-10-15)17(12-3-1-4-12)21-18(22)16-6-2-5-14(16)11-20/h7-10,12,14,16-17H,1-6,11,20H2,(H,21,22)/t14-,16-,17?/m1/s1. The lowest BCUT2D eigenvalue weighted by Crippen LogP contribution is -2.41. The Bertz CT molecular complexity index is 512. The first-order chi connectivity index (χ1) is 10.7. The van der Waals surface area contributed by atoms with Gasteiger partial charge in [0.2, 0.25) is 5.91 Å². The normalized spacial score (nSPS) is 26.5. The maximum atomic E-state index is 12.7. The van der Waals surface area contributed by atoms with Crippen molar-refractivity contribution in [1.29, 1.82) is 0 Å². The van der Waals surface area contributed by atoms with Crippen LogP contribution in [0.25, 0.3) is 0 Å². The van der Waals surface area contributed by atoms with E-state index in [-0.39, 0.29) is 17.9 Å². The highest BCUT2D eigenvalue weighted by Crippen LogP contribution is 2.39. The van der Waals surface area contributed by atoms with Gasteiger partial charge in [0, 0.05) is 10.9 Å². The van der Waals surface area contributed by atoms with E-state index in [1.165, 1.54) is 24.8 Å². The molecule has 0 aliphatic heterocycles. The summed E-state index contributed by atoms with van der Waals surface area (Å²) in [7, 11) is 0. The van der Waals surface area contributed by atoms with Crippen molar-refractivity contribution in [2.75, 3.05) is 6.54 Å². The molecule has 120 valence electrons. The van der Waals surface area contributed by atoms with Gasteiger partial charge in [0.05, 0.1) is 6.04 Å². The van der Waals surface area contributed by atoms with Crippen LogP contribution in [0.5, 0.6) is 0 Å². The molecular weight excluding hydrogens is 296 g/mol. The molecule has 3 nitrogen and oxygen atoms in total. The molecule has 1 aromatic rings. The summed E-state index contributed by atoms with van der Waals surface area (Å²) in [6.07, 6.45) is 6.83. The number of rotatable bonds is 5. The van der Waals surface area contributed by atoms with Crippen LogP contribution in [0.1, 0.15) is 50.1 Å². The predicted octanol–water partition coefficient (Wildman–Crippen LogP) is 3.67. The van der Waals surface area contributed by atoms with E-state index < -0.39 is 0 Å². The van der Waals surface area contributed by atoms with Gasteiger partial charge in [0.25, 0.3) is 0 Å². The number of carbonyl (C=O) groups excluding carboxylic acids is 1. The molecule has 0 heterocycles. The fourth-order valence-corrected chi connectivity index (χ4v) is 3.97. The fraction of sp³-hybridized carbons (Fsp3) is 0.611. The summed E-state index contributed by atoms with van der Waals surface area (Å²) in [5.74, 6) is 1.20. The van der Waals surface area contributed by atoms with Gasteiger partial charge in [-0.15, -0.1) is 0 Å². The minimum Gasteiger partial charge on any atom is -0.349 e. The van der Waals surface area contributed by atoms with E-state index in [1.54, 1.807) is 0 Å². The lowest BCUT2D eigenvalue weighted by Gasteiger charge is -2.35. The van der Waals surface area contributed by atoms with E-state index in [2.05, 4.69) is 5.32 Å². The van der Waals surface area contributed by atoms with Gasteiger partial charge in [-0.1, -0.05) is 36.6 Å². The topological polar surface area (TPSA) is 55.1 Å². The Labute approximate surface area is 137 Å². The maximum Gasteiger partial charge on any atom is 0.223 e. The number of nitrogens with two attached hydrogens (primary N) is 1. The molecule has 1 unspecified atom stereocenters. The molecule has 2 aliphatic rings. The molecular formula is C18H25ClN2O. The van der Waals surface area contributed by atoms with Crippen LogP contribution < -0.4 is 11.1 Å². The molecule has 2 fully saturated rings. The summed E-state index contributed by atoms with van der Waals surface area (Å²) in [5, 5.41) is 4.06. The first kappa shape index (κ1) is 15.8. The number of hydrogen-bond acceptors (Lipinski definition) is 2. The summed E-state index contributed by atoms with van der Waals surface area (Å²) in [6, 6.07) is 8.03. The van der Waals surface area contributed by atoms with Gasteiger partial charge in [0.1, 0.15) is 0 Å². The number of halogens is 1. The van der Waals surface area contributed by atoms with Crippen LogP contribution in [-0.2, 0) is 4.79 Å². The van der Waals surface area contributed by atoms with Crippen molar-refractivity contribution < 1.29 is 4.79 Å². The van der Waals surface area contributed by atoms with Crippen LogP contribution in [0, 0.1) is 17.8 Å². The van der Waals surface area contributed by atoms with Crippen molar-refractivity contribution >= 4 is 17.5 Å². The van der Waals surface area contributed by atoms with Crippen LogP contribution in [-0.4, -0.2) is 12.5 Å². The smallest absolute Gasteiger partial charge is 0.223 e. The van der Waals surface area contributed by atoms with E-state index >= 15 is 0 Å². The van der Waals surface area contributed by atoms with Gasteiger partial charge in [-0.25, -0.2) is 0 Å². The Morgan fingerprint density at radius 2 is 1.86 bits per heavy atom. The molecule has 22 heavy (non-hydrogen) atoms. The molecule has 0 aromatic heterocycles. The van der Waals surface area contributed by atoms with Crippen molar-refractivity contribution in [3.05, 3.63) is 34.9 Å². The van der Waals surface area contributed by atoms with E-state index in [0.717, 1.165) is 24.3 Å². The highest BCUT2D eigenvalue weighted by atomic mass is 35.5. The Balaban J connectivity index is 1.72.